The Kier molecular flexibility index (Phi) is 3.56. The molecular formula is C16H18O2. The average Bonchev–Trinajstić information content (AvgIpc) is 2.39. The van der Waals surface area contributed by atoms with Gasteiger partial charge in [0.2, 0.25) is 0 Å². The molecule has 2 heteroatoms. The highest BCUT2D eigenvalue weighted by atomic mass is 16.3. The van der Waals surface area contributed by atoms with Gasteiger partial charge in [-0.25, -0.2) is 0 Å². The molecule has 2 aromatic rings. The lowest BCUT2D eigenvalue weighted by Crippen LogP contribution is -1.89. The summed E-state index contributed by atoms with van der Waals surface area (Å²) in [7, 11) is 0. The largest absolute Gasteiger partial charge is 0.508 e. The summed E-state index contributed by atoms with van der Waals surface area (Å²) in [4.78, 5) is 0. The van der Waals surface area contributed by atoms with Gasteiger partial charge < -0.3 is 10.2 Å². The van der Waals surface area contributed by atoms with Crippen LogP contribution in [0.2, 0.25) is 0 Å². The SMILES string of the molecule is CCc1ccc(-c2ccc(O)cc2CC)c(O)c1. The van der Waals surface area contributed by atoms with Gasteiger partial charge in [-0.05, 0) is 47.7 Å². The second kappa shape index (κ2) is 5.13. The van der Waals surface area contributed by atoms with Crippen molar-refractivity contribution < 1.29 is 10.2 Å². The van der Waals surface area contributed by atoms with Crippen molar-refractivity contribution in [1.29, 1.82) is 0 Å². The molecule has 2 N–H and O–H groups in total. The topological polar surface area (TPSA) is 40.5 Å². The van der Waals surface area contributed by atoms with Crippen molar-refractivity contribution in [3.8, 4) is 22.6 Å². The lowest BCUT2D eigenvalue weighted by molar-refractivity contribution is 0.473. The summed E-state index contributed by atoms with van der Waals surface area (Å²) in [5.41, 5.74) is 3.96. The summed E-state index contributed by atoms with van der Waals surface area (Å²) in [6, 6.07) is 11.0. The van der Waals surface area contributed by atoms with Crippen LogP contribution in [0.15, 0.2) is 36.4 Å². The van der Waals surface area contributed by atoms with Crippen molar-refractivity contribution >= 4 is 0 Å². The van der Waals surface area contributed by atoms with E-state index in [0.29, 0.717) is 5.75 Å². The van der Waals surface area contributed by atoms with E-state index in [2.05, 4.69) is 6.92 Å². The third kappa shape index (κ3) is 2.33. The Morgan fingerprint density at radius 3 is 2.17 bits per heavy atom. The fourth-order valence-electron chi connectivity index (χ4n) is 2.16. The summed E-state index contributed by atoms with van der Waals surface area (Å²) < 4.78 is 0. The zero-order chi connectivity index (χ0) is 13.1. The molecule has 0 heterocycles. The van der Waals surface area contributed by atoms with Gasteiger partial charge in [0, 0.05) is 5.56 Å². The Balaban J connectivity index is 2.54. The number of phenols is 2. The van der Waals surface area contributed by atoms with E-state index in [4.69, 9.17) is 0 Å². The molecule has 0 aliphatic carbocycles. The smallest absolute Gasteiger partial charge is 0.123 e. The maximum Gasteiger partial charge on any atom is 0.123 e. The molecular weight excluding hydrogens is 224 g/mol. The minimum Gasteiger partial charge on any atom is -0.508 e. The molecule has 0 unspecified atom stereocenters. The van der Waals surface area contributed by atoms with Crippen LogP contribution < -0.4 is 0 Å². The van der Waals surface area contributed by atoms with Gasteiger partial charge in [-0.3, -0.25) is 0 Å². The minimum atomic E-state index is 0.264. The van der Waals surface area contributed by atoms with Crippen LogP contribution >= 0.6 is 0 Å². The molecule has 0 saturated heterocycles. The molecule has 0 aliphatic heterocycles. The van der Waals surface area contributed by atoms with Crippen LogP contribution in [0.4, 0.5) is 0 Å². The van der Waals surface area contributed by atoms with Gasteiger partial charge >= 0.3 is 0 Å². The van der Waals surface area contributed by atoms with Gasteiger partial charge in [0.15, 0.2) is 0 Å². The number of hydrogen-bond donors (Lipinski definition) is 2. The van der Waals surface area contributed by atoms with E-state index >= 15 is 0 Å². The Labute approximate surface area is 108 Å². The molecule has 0 aliphatic rings. The predicted molar refractivity (Wildman–Crippen MR) is 74.0 cm³/mol. The standard InChI is InChI=1S/C16H18O2/c1-3-11-5-7-15(16(18)9-11)14-8-6-13(17)10-12(14)4-2/h5-10,17-18H,3-4H2,1-2H3. The molecule has 2 rings (SSSR count). The second-order valence-electron chi connectivity index (χ2n) is 4.40. The second-order valence-corrected chi connectivity index (χ2v) is 4.40. The molecule has 0 bridgehead atoms. The van der Waals surface area contributed by atoms with E-state index in [1.54, 1.807) is 12.1 Å². The molecule has 0 spiro atoms. The van der Waals surface area contributed by atoms with Crippen LogP contribution in [0.1, 0.15) is 25.0 Å². The zero-order valence-corrected chi connectivity index (χ0v) is 10.8. The van der Waals surface area contributed by atoms with E-state index in [9.17, 15) is 10.2 Å². The summed E-state index contributed by atoms with van der Waals surface area (Å²) in [5, 5.41) is 19.6. The van der Waals surface area contributed by atoms with Crippen molar-refractivity contribution in [2.45, 2.75) is 26.7 Å². The molecule has 2 nitrogen and oxygen atoms in total. The normalized spacial score (nSPS) is 10.6. The van der Waals surface area contributed by atoms with Gasteiger partial charge in [0.05, 0.1) is 0 Å². The number of phenolic OH excluding ortho intramolecular Hbond substituents is 2. The van der Waals surface area contributed by atoms with Crippen LogP contribution in [-0.4, -0.2) is 10.2 Å². The van der Waals surface area contributed by atoms with Crippen molar-refractivity contribution in [2.75, 3.05) is 0 Å². The van der Waals surface area contributed by atoms with Crippen LogP contribution in [0.3, 0.4) is 0 Å². The van der Waals surface area contributed by atoms with E-state index in [0.717, 1.165) is 35.1 Å². The van der Waals surface area contributed by atoms with Gasteiger partial charge in [0.1, 0.15) is 11.5 Å². The number of aryl methyl sites for hydroxylation is 2. The Morgan fingerprint density at radius 2 is 1.56 bits per heavy atom. The first-order valence-corrected chi connectivity index (χ1v) is 6.29. The number of benzene rings is 2. The summed E-state index contributed by atoms with van der Waals surface area (Å²) >= 11 is 0. The van der Waals surface area contributed by atoms with Crippen LogP contribution in [0, 0.1) is 0 Å². The van der Waals surface area contributed by atoms with E-state index in [-0.39, 0.29) is 5.75 Å². The van der Waals surface area contributed by atoms with Gasteiger partial charge in [-0.1, -0.05) is 32.0 Å². The molecule has 0 fully saturated rings. The first kappa shape index (κ1) is 12.5. The van der Waals surface area contributed by atoms with Crippen molar-refractivity contribution in [2.24, 2.45) is 0 Å². The fraction of sp³-hybridized carbons (Fsp3) is 0.250. The minimum absolute atomic E-state index is 0.264. The Hall–Kier alpha value is -1.96. The predicted octanol–water partition coefficient (Wildman–Crippen LogP) is 3.89. The average molecular weight is 242 g/mol. The molecule has 0 amide bonds. The number of rotatable bonds is 3. The summed E-state index contributed by atoms with van der Waals surface area (Å²) in [6.07, 6.45) is 1.72. The highest BCUT2D eigenvalue weighted by Crippen LogP contribution is 2.34. The first-order valence-electron chi connectivity index (χ1n) is 6.29. The fourth-order valence-corrected chi connectivity index (χ4v) is 2.16. The number of hydrogen-bond acceptors (Lipinski definition) is 2. The summed E-state index contributed by atoms with van der Waals surface area (Å²) in [6.45, 7) is 4.10. The Bertz CT molecular complexity index is 559. The maximum absolute atomic E-state index is 10.1. The van der Waals surface area contributed by atoms with Crippen molar-refractivity contribution in [3.05, 3.63) is 47.5 Å². The van der Waals surface area contributed by atoms with Crippen LogP contribution in [-0.2, 0) is 12.8 Å². The van der Waals surface area contributed by atoms with Crippen LogP contribution in [0.25, 0.3) is 11.1 Å². The molecule has 0 atom stereocenters. The molecule has 94 valence electrons. The lowest BCUT2D eigenvalue weighted by atomic mass is 9.96. The highest BCUT2D eigenvalue weighted by molar-refractivity contribution is 5.74. The van der Waals surface area contributed by atoms with Crippen molar-refractivity contribution in [3.63, 3.8) is 0 Å². The lowest BCUT2D eigenvalue weighted by Gasteiger charge is -2.11. The summed E-state index contributed by atoms with van der Waals surface area (Å²) in [5.74, 6) is 0.565. The van der Waals surface area contributed by atoms with Gasteiger partial charge in [0.25, 0.3) is 0 Å². The Morgan fingerprint density at radius 1 is 0.833 bits per heavy atom. The highest BCUT2D eigenvalue weighted by Gasteiger charge is 2.09. The van der Waals surface area contributed by atoms with Crippen LogP contribution in [0.5, 0.6) is 11.5 Å². The van der Waals surface area contributed by atoms with Gasteiger partial charge in [-0.2, -0.15) is 0 Å². The molecule has 0 aromatic heterocycles. The third-order valence-corrected chi connectivity index (χ3v) is 3.23. The monoisotopic (exact) mass is 242 g/mol. The molecule has 0 saturated carbocycles. The quantitative estimate of drug-likeness (QED) is 0.857. The first-order chi connectivity index (χ1) is 8.65. The molecule has 2 aromatic carbocycles. The van der Waals surface area contributed by atoms with E-state index in [1.165, 1.54) is 0 Å². The molecule has 18 heavy (non-hydrogen) atoms. The van der Waals surface area contributed by atoms with Crippen molar-refractivity contribution in [1.82, 2.24) is 0 Å². The molecule has 0 radical (unpaired) electrons. The zero-order valence-electron chi connectivity index (χ0n) is 10.8. The van der Waals surface area contributed by atoms with E-state index in [1.807, 2.05) is 31.2 Å². The van der Waals surface area contributed by atoms with Gasteiger partial charge in [-0.15, -0.1) is 0 Å². The third-order valence-electron chi connectivity index (χ3n) is 3.23. The maximum atomic E-state index is 10.1. The van der Waals surface area contributed by atoms with E-state index < -0.39 is 0 Å². The number of aromatic hydroxyl groups is 2.